The summed E-state index contributed by atoms with van der Waals surface area (Å²) in [5.41, 5.74) is 6.84. The van der Waals surface area contributed by atoms with E-state index in [1.165, 1.54) is 0 Å². The van der Waals surface area contributed by atoms with Crippen LogP contribution in [-0.4, -0.2) is 5.91 Å². The molecule has 66 valence electrons. The smallest absolute Gasteiger partial charge is 0.300 e. The maximum absolute atomic E-state index is 11.0. The van der Waals surface area contributed by atoms with Gasteiger partial charge in [0.05, 0.1) is 0 Å². The number of hydrogen-bond donors (Lipinski definition) is 2. The Morgan fingerprint density at radius 1 is 1.38 bits per heavy atom. The van der Waals surface area contributed by atoms with E-state index in [9.17, 15) is 4.79 Å². The normalized spacial score (nSPS) is 8.38. The van der Waals surface area contributed by atoms with E-state index in [-0.39, 0.29) is 5.91 Å². The molecule has 13 heavy (non-hydrogen) atoms. The summed E-state index contributed by atoms with van der Waals surface area (Å²) in [4.78, 5) is 11.0. The number of rotatable bonds is 1. The van der Waals surface area contributed by atoms with Crippen molar-refractivity contribution >= 4 is 17.3 Å². The zero-order valence-electron chi connectivity index (χ0n) is 7.29. The highest BCUT2D eigenvalue weighted by Crippen LogP contribution is 2.09. The molecule has 0 aliphatic carbocycles. The summed E-state index contributed by atoms with van der Waals surface area (Å²) in [6.07, 6.45) is 0. The lowest BCUT2D eigenvalue weighted by Crippen LogP contribution is -2.08. The van der Waals surface area contributed by atoms with Crippen LogP contribution < -0.4 is 11.1 Å². The molecule has 0 aliphatic heterocycles. The zero-order chi connectivity index (χ0) is 9.68. The lowest BCUT2D eigenvalue weighted by Gasteiger charge is -2.00. The first-order valence-electron chi connectivity index (χ1n) is 3.81. The van der Waals surface area contributed by atoms with Gasteiger partial charge in [-0.1, -0.05) is 5.92 Å². The molecule has 0 heterocycles. The average molecular weight is 174 g/mol. The predicted octanol–water partition coefficient (Wildman–Crippen LogP) is 1.23. The second kappa shape index (κ2) is 4.17. The molecule has 0 bridgehead atoms. The number of anilines is 2. The minimum atomic E-state index is -0.313. The van der Waals surface area contributed by atoms with Crippen molar-refractivity contribution in [3.63, 3.8) is 0 Å². The van der Waals surface area contributed by atoms with E-state index in [2.05, 4.69) is 17.2 Å². The van der Waals surface area contributed by atoms with Crippen molar-refractivity contribution in [2.75, 3.05) is 11.1 Å². The molecule has 0 fully saturated rings. The van der Waals surface area contributed by atoms with Crippen LogP contribution in [0.25, 0.3) is 0 Å². The quantitative estimate of drug-likeness (QED) is 0.497. The Kier molecular flexibility index (Phi) is 2.93. The fraction of sp³-hybridized carbons (Fsp3) is 0.100. The molecule has 1 aromatic carbocycles. The Labute approximate surface area is 76.9 Å². The first kappa shape index (κ1) is 9.14. The van der Waals surface area contributed by atoms with Crippen LogP contribution in [0.2, 0.25) is 0 Å². The minimum absolute atomic E-state index is 0.313. The predicted molar refractivity (Wildman–Crippen MR) is 52.9 cm³/mol. The van der Waals surface area contributed by atoms with Crippen LogP contribution >= 0.6 is 0 Å². The molecule has 0 atom stereocenters. The van der Waals surface area contributed by atoms with Gasteiger partial charge in [-0.3, -0.25) is 4.79 Å². The van der Waals surface area contributed by atoms with Gasteiger partial charge in [0, 0.05) is 11.4 Å². The van der Waals surface area contributed by atoms with Crippen LogP contribution in [-0.2, 0) is 4.79 Å². The average Bonchev–Trinajstić information content (AvgIpc) is 2.09. The number of carbonyl (C=O) groups excluding carboxylic acids is 1. The van der Waals surface area contributed by atoms with E-state index in [1.807, 2.05) is 0 Å². The number of amides is 1. The van der Waals surface area contributed by atoms with Crippen LogP contribution in [0.5, 0.6) is 0 Å². The van der Waals surface area contributed by atoms with Gasteiger partial charge in [-0.25, -0.2) is 0 Å². The van der Waals surface area contributed by atoms with Crippen LogP contribution in [0.1, 0.15) is 6.92 Å². The van der Waals surface area contributed by atoms with Gasteiger partial charge in [0.1, 0.15) is 0 Å². The number of carbonyl (C=O) groups is 1. The third-order valence-corrected chi connectivity index (χ3v) is 1.41. The molecule has 3 nitrogen and oxygen atoms in total. The number of nitrogens with two attached hydrogens (primary N) is 1. The molecule has 3 N–H and O–H groups in total. The molecule has 1 amide bonds. The largest absolute Gasteiger partial charge is 0.399 e. The molecular weight excluding hydrogens is 164 g/mol. The van der Waals surface area contributed by atoms with E-state index in [1.54, 1.807) is 31.2 Å². The third kappa shape index (κ3) is 2.88. The molecule has 1 aromatic rings. The second-order valence-electron chi connectivity index (χ2n) is 2.45. The van der Waals surface area contributed by atoms with Crippen LogP contribution in [0, 0.1) is 11.8 Å². The number of nitrogens with one attached hydrogen (secondary N) is 1. The highest BCUT2D eigenvalue weighted by molar-refractivity contribution is 6.03. The summed E-state index contributed by atoms with van der Waals surface area (Å²) < 4.78 is 0. The molecule has 0 aliphatic rings. The fourth-order valence-corrected chi connectivity index (χ4v) is 0.842. The monoisotopic (exact) mass is 174 g/mol. The fourth-order valence-electron chi connectivity index (χ4n) is 0.842. The van der Waals surface area contributed by atoms with E-state index < -0.39 is 0 Å². The zero-order valence-corrected chi connectivity index (χ0v) is 7.29. The molecule has 0 saturated carbocycles. The lowest BCUT2D eigenvalue weighted by atomic mass is 10.3. The summed E-state index contributed by atoms with van der Waals surface area (Å²) in [7, 11) is 0. The van der Waals surface area contributed by atoms with Crippen LogP contribution in [0.15, 0.2) is 24.3 Å². The Morgan fingerprint density at radius 2 is 2.00 bits per heavy atom. The van der Waals surface area contributed by atoms with Crippen molar-refractivity contribution in [1.29, 1.82) is 0 Å². The van der Waals surface area contributed by atoms with Gasteiger partial charge >= 0.3 is 0 Å². The molecule has 0 aromatic heterocycles. The van der Waals surface area contributed by atoms with Crippen molar-refractivity contribution in [2.24, 2.45) is 0 Å². The number of benzene rings is 1. The first-order valence-corrected chi connectivity index (χ1v) is 3.81. The van der Waals surface area contributed by atoms with E-state index >= 15 is 0 Å². The Balaban J connectivity index is 2.68. The Morgan fingerprint density at radius 3 is 2.54 bits per heavy atom. The second-order valence-corrected chi connectivity index (χ2v) is 2.45. The standard InChI is InChI=1S/C10H10N2O/c1-2-3-10(13)12-9-6-4-8(11)5-7-9/h4-7H,11H2,1H3,(H,12,13). The highest BCUT2D eigenvalue weighted by atomic mass is 16.1. The first-order chi connectivity index (χ1) is 6.22. The summed E-state index contributed by atoms with van der Waals surface area (Å²) in [5.74, 6) is 4.58. The van der Waals surface area contributed by atoms with Gasteiger partial charge in [0.25, 0.3) is 5.91 Å². The van der Waals surface area contributed by atoms with Gasteiger partial charge in [-0.2, -0.15) is 0 Å². The highest BCUT2D eigenvalue weighted by Gasteiger charge is 1.95. The van der Waals surface area contributed by atoms with E-state index in [4.69, 9.17) is 5.73 Å². The van der Waals surface area contributed by atoms with Gasteiger partial charge in [-0.15, -0.1) is 0 Å². The molecular formula is C10H10N2O. The molecule has 1 rings (SSSR count). The third-order valence-electron chi connectivity index (χ3n) is 1.41. The molecule has 0 radical (unpaired) electrons. The Bertz CT molecular complexity index is 357. The molecule has 0 saturated heterocycles. The molecule has 3 heteroatoms. The van der Waals surface area contributed by atoms with Gasteiger partial charge in [-0.05, 0) is 37.1 Å². The van der Waals surface area contributed by atoms with Gasteiger partial charge in [0.2, 0.25) is 0 Å². The number of hydrogen-bond acceptors (Lipinski definition) is 2. The van der Waals surface area contributed by atoms with Crippen molar-refractivity contribution in [3.8, 4) is 11.8 Å². The molecule has 0 unspecified atom stereocenters. The van der Waals surface area contributed by atoms with Crippen molar-refractivity contribution in [2.45, 2.75) is 6.92 Å². The maximum atomic E-state index is 11.0. The Hall–Kier alpha value is -1.95. The van der Waals surface area contributed by atoms with Crippen molar-refractivity contribution in [1.82, 2.24) is 0 Å². The maximum Gasteiger partial charge on any atom is 0.300 e. The van der Waals surface area contributed by atoms with Gasteiger partial charge < -0.3 is 11.1 Å². The summed E-state index contributed by atoms with van der Waals surface area (Å²) in [6.45, 7) is 1.61. The number of nitrogen functional groups attached to an aromatic ring is 1. The lowest BCUT2D eigenvalue weighted by molar-refractivity contribution is -0.111. The van der Waals surface area contributed by atoms with Crippen molar-refractivity contribution < 1.29 is 4.79 Å². The SMILES string of the molecule is CC#CC(=O)Nc1ccc(N)cc1. The molecule has 0 spiro atoms. The van der Waals surface area contributed by atoms with E-state index in [0.717, 1.165) is 0 Å². The van der Waals surface area contributed by atoms with E-state index in [0.29, 0.717) is 11.4 Å². The van der Waals surface area contributed by atoms with Crippen molar-refractivity contribution in [3.05, 3.63) is 24.3 Å². The van der Waals surface area contributed by atoms with Crippen LogP contribution in [0.4, 0.5) is 11.4 Å². The van der Waals surface area contributed by atoms with Crippen LogP contribution in [0.3, 0.4) is 0 Å². The summed E-state index contributed by atoms with van der Waals surface area (Å²) >= 11 is 0. The summed E-state index contributed by atoms with van der Waals surface area (Å²) in [6, 6.07) is 6.89. The van der Waals surface area contributed by atoms with Gasteiger partial charge in [0.15, 0.2) is 0 Å². The summed E-state index contributed by atoms with van der Waals surface area (Å²) in [5, 5.41) is 2.60. The topological polar surface area (TPSA) is 55.1 Å². The minimum Gasteiger partial charge on any atom is -0.399 e.